The molecule has 0 atom stereocenters. The highest BCUT2D eigenvalue weighted by Gasteiger charge is 2.23. The lowest BCUT2D eigenvalue weighted by molar-refractivity contribution is 0.194. The van der Waals surface area contributed by atoms with Crippen molar-refractivity contribution in [1.29, 1.82) is 0 Å². The van der Waals surface area contributed by atoms with Gasteiger partial charge in [-0.05, 0) is 54.5 Å². The lowest BCUT2D eigenvalue weighted by atomic mass is 9.85. The predicted octanol–water partition coefficient (Wildman–Crippen LogP) is 6.90. The maximum absolute atomic E-state index is 11.5. The molecule has 194 valence electrons. The summed E-state index contributed by atoms with van der Waals surface area (Å²) >= 11 is 1.61. The Morgan fingerprint density at radius 3 is 2.46 bits per heavy atom. The molecule has 0 fully saturated rings. The number of hydrogen-bond acceptors (Lipinski definition) is 5. The van der Waals surface area contributed by atoms with Gasteiger partial charge < -0.3 is 20.1 Å². The molecule has 7 nitrogen and oxygen atoms in total. The molecule has 2 heterocycles. The number of benzene rings is 2. The Bertz CT molecular complexity index is 1420. The number of aromatic amines is 1. The summed E-state index contributed by atoms with van der Waals surface area (Å²) in [4.78, 5) is 24.6. The SMILES string of the molecule is COc1ccc2nc(SCc3c(C)nc(CC(C)(C)C)c(CNC(=O)O)c3-c3ccc(C)cc3)[nH]c2c1. The molecule has 0 unspecified atom stereocenters. The smallest absolute Gasteiger partial charge is 0.404 e. The molecule has 0 aliphatic heterocycles. The molecule has 0 bridgehead atoms. The van der Waals surface area contributed by atoms with Gasteiger partial charge in [-0.15, -0.1) is 0 Å². The highest BCUT2D eigenvalue weighted by atomic mass is 32.2. The van der Waals surface area contributed by atoms with Crippen LogP contribution in [-0.2, 0) is 18.7 Å². The van der Waals surface area contributed by atoms with Gasteiger partial charge in [-0.1, -0.05) is 62.4 Å². The molecule has 37 heavy (non-hydrogen) atoms. The van der Waals surface area contributed by atoms with Crippen molar-refractivity contribution in [2.45, 2.75) is 58.5 Å². The van der Waals surface area contributed by atoms with Crippen LogP contribution in [0.1, 0.15) is 48.8 Å². The summed E-state index contributed by atoms with van der Waals surface area (Å²) in [6, 6.07) is 14.2. The van der Waals surface area contributed by atoms with Gasteiger partial charge >= 0.3 is 6.09 Å². The molecular formula is C29H34N4O3S. The fourth-order valence-corrected chi connectivity index (χ4v) is 5.37. The van der Waals surface area contributed by atoms with Gasteiger partial charge in [0.2, 0.25) is 0 Å². The molecule has 2 aromatic heterocycles. The number of nitrogens with zero attached hydrogens (tertiary/aromatic N) is 2. The van der Waals surface area contributed by atoms with Crippen LogP contribution in [0.5, 0.6) is 5.75 Å². The van der Waals surface area contributed by atoms with E-state index in [2.05, 4.69) is 62.3 Å². The molecule has 1 amide bonds. The number of rotatable bonds is 8. The third-order valence-corrected chi connectivity index (χ3v) is 7.07. The molecule has 4 aromatic rings. The normalized spacial score (nSPS) is 11.6. The Labute approximate surface area is 222 Å². The molecule has 0 saturated heterocycles. The number of thioether (sulfide) groups is 1. The number of nitrogens with one attached hydrogen (secondary N) is 2. The largest absolute Gasteiger partial charge is 0.497 e. The first-order valence-electron chi connectivity index (χ1n) is 12.3. The summed E-state index contributed by atoms with van der Waals surface area (Å²) in [7, 11) is 1.65. The zero-order valence-corrected chi connectivity index (χ0v) is 23.0. The number of ether oxygens (including phenoxy) is 1. The standard InChI is InChI=1S/C29H34N4O3S/c1-17-7-9-19(10-8-17)26-21(15-30-28(34)35)25(14-29(3,4)5)31-18(2)22(26)16-37-27-32-23-12-11-20(36-6)13-24(23)33-27/h7-13,30H,14-16H2,1-6H3,(H,32,33)(H,34,35). The van der Waals surface area contributed by atoms with E-state index in [4.69, 9.17) is 14.7 Å². The monoisotopic (exact) mass is 518 g/mol. The van der Waals surface area contributed by atoms with Crippen LogP contribution in [0.3, 0.4) is 0 Å². The van der Waals surface area contributed by atoms with E-state index in [1.54, 1.807) is 18.9 Å². The second-order valence-electron chi connectivity index (χ2n) is 10.5. The van der Waals surface area contributed by atoms with Gasteiger partial charge in [0.25, 0.3) is 0 Å². The van der Waals surface area contributed by atoms with E-state index < -0.39 is 6.09 Å². The Morgan fingerprint density at radius 1 is 1.08 bits per heavy atom. The zero-order valence-electron chi connectivity index (χ0n) is 22.2. The third-order valence-electron chi connectivity index (χ3n) is 6.17. The van der Waals surface area contributed by atoms with Gasteiger partial charge in [0, 0.05) is 35.3 Å². The number of amides is 1. The quantitative estimate of drug-likeness (QED) is 0.219. The first-order chi connectivity index (χ1) is 17.5. The number of fused-ring (bicyclic) bond motifs is 1. The molecule has 2 aromatic carbocycles. The number of aromatic nitrogens is 3. The van der Waals surface area contributed by atoms with Gasteiger partial charge in [-0.25, -0.2) is 9.78 Å². The summed E-state index contributed by atoms with van der Waals surface area (Å²) in [5.74, 6) is 1.41. The number of H-pyrrole nitrogens is 1. The van der Waals surface area contributed by atoms with Crippen LogP contribution in [0.15, 0.2) is 47.6 Å². The van der Waals surface area contributed by atoms with Gasteiger partial charge in [-0.2, -0.15) is 0 Å². The zero-order chi connectivity index (χ0) is 26.7. The molecular weight excluding hydrogens is 484 g/mol. The van der Waals surface area contributed by atoms with Crippen molar-refractivity contribution >= 4 is 28.9 Å². The van der Waals surface area contributed by atoms with Crippen molar-refractivity contribution in [1.82, 2.24) is 20.3 Å². The predicted molar refractivity (Wildman–Crippen MR) is 149 cm³/mol. The number of carboxylic acid groups (broad SMARTS) is 1. The van der Waals surface area contributed by atoms with Crippen molar-refractivity contribution in [3.8, 4) is 16.9 Å². The van der Waals surface area contributed by atoms with Crippen LogP contribution in [0.25, 0.3) is 22.2 Å². The van der Waals surface area contributed by atoms with Crippen molar-refractivity contribution in [2.24, 2.45) is 5.41 Å². The molecule has 3 N–H and O–H groups in total. The van der Waals surface area contributed by atoms with Crippen molar-refractivity contribution < 1.29 is 14.6 Å². The molecule has 0 saturated carbocycles. The average Bonchev–Trinajstić information content (AvgIpc) is 3.24. The van der Waals surface area contributed by atoms with Gasteiger partial charge in [0.05, 0.1) is 18.1 Å². The maximum atomic E-state index is 11.5. The minimum atomic E-state index is -1.05. The number of carbonyl (C=O) groups is 1. The fourth-order valence-electron chi connectivity index (χ4n) is 4.39. The van der Waals surface area contributed by atoms with Crippen molar-refractivity contribution in [3.05, 3.63) is 70.5 Å². The van der Waals surface area contributed by atoms with E-state index in [0.717, 1.165) is 62.0 Å². The Morgan fingerprint density at radius 2 is 1.81 bits per heavy atom. The topological polar surface area (TPSA) is 100 Å². The molecule has 0 radical (unpaired) electrons. The van der Waals surface area contributed by atoms with Crippen molar-refractivity contribution in [2.75, 3.05) is 7.11 Å². The van der Waals surface area contributed by atoms with E-state index >= 15 is 0 Å². The van der Waals surface area contributed by atoms with Crippen LogP contribution >= 0.6 is 11.8 Å². The number of aryl methyl sites for hydroxylation is 2. The minimum absolute atomic E-state index is 0.00639. The molecule has 0 aliphatic carbocycles. The van der Waals surface area contributed by atoms with Gasteiger partial charge in [0.15, 0.2) is 5.16 Å². The summed E-state index contributed by atoms with van der Waals surface area (Å²) in [5, 5.41) is 12.8. The van der Waals surface area contributed by atoms with Crippen LogP contribution in [-0.4, -0.2) is 33.3 Å². The Kier molecular flexibility index (Phi) is 7.78. The maximum Gasteiger partial charge on any atom is 0.404 e. The molecule has 4 rings (SSSR count). The summed E-state index contributed by atoms with van der Waals surface area (Å²) in [6.07, 6.45) is -0.312. The number of methoxy groups -OCH3 is 1. The minimum Gasteiger partial charge on any atom is -0.497 e. The Balaban J connectivity index is 1.81. The lowest BCUT2D eigenvalue weighted by Crippen LogP contribution is -2.24. The first-order valence-corrected chi connectivity index (χ1v) is 13.2. The fraction of sp³-hybridized carbons (Fsp3) is 0.345. The molecule has 8 heteroatoms. The molecule has 0 spiro atoms. The van der Waals surface area contributed by atoms with E-state index in [9.17, 15) is 9.90 Å². The van der Waals surface area contributed by atoms with E-state index in [1.807, 2.05) is 25.1 Å². The van der Waals surface area contributed by atoms with E-state index in [-0.39, 0.29) is 12.0 Å². The number of imidazole rings is 1. The van der Waals surface area contributed by atoms with E-state index in [0.29, 0.717) is 5.75 Å². The highest BCUT2D eigenvalue weighted by Crippen LogP contribution is 2.37. The first kappa shape index (κ1) is 26.5. The number of pyridine rings is 1. The summed E-state index contributed by atoms with van der Waals surface area (Å²) < 4.78 is 5.34. The van der Waals surface area contributed by atoms with Crippen LogP contribution in [0, 0.1) is 19.3 Å². The average molecular weight is 519 g/mol. The van der Waals surface area contributed by atoms with Crippen LogP contribution in [0.2, 0.25) is 0 Å². The van der Waals surface area contributed by atoms with E-state index in [1.165, 1.54) is 5.56 Å². The van der Waals surface area contributed by atoms with Gasteiger partial charge in [0.1, 0.15) is 5.75 Å². The highest BCUT2D eigenvalue weighted by molar-refractivity contribution is 7.98. The van der Waals surface area contributed by atoms with Gasteiger partial charge in [-0.3, -0.25) is 4.98 Å². The van der Waals surface area contributed by atoms with Crippen molar-refractivity contribution in [3.63, 3.8) is 0 Å². The third kappa shape index (κ3) is 6.43. The van der Waals surface area contributed by atoms with Crippen LogP contribution in [0.4, 0.5) is 4.79 Å². The molecule has 0 aliphatic rings. The second kappa shape index (κ2) is 10.8. The lowest BCUT2D eigenvalue weighted by Gasteiger charge is -2.25. The summed E-state index contributed by atoms with van der Waals surface area (Å²) in [6.45, 7) is 10.8. The number of hydrogen-bond donors (Lipinski definition) is 3. The second-order valence-corrected chi connectivity index (χ2v) is 11.4. The summed E-state index contributed by atoms with van der Waals surface area (Å²) in [5.41, 5.74) is 8.94. The van der Waals surface area contributed by atoms with Crippen LogP contribution < -0.4 is 10.1 Å². The Hall–Kier alpha value is -3.52.